The Morgan fingerprint density at radius 1 is 1.27 bits per heavy atom. The summed E-state index contributed by atoms with van der Waals surface area (Å²) in [6.07, 6.45) is 0. The van der Waals surface area contributed by atoms with Gasteiger partial charge in [0.1, 0.15) is 5.82 Å². The fourth-order valence-corrected chi connectivity index (χ4v) is 1.02. The zero-order chi connectivity index (χ0) is 11.5. The van der Waals surface area contributed by atoms with Crippen LogP contribution in [0.25, 0.3) is 0 Å². The Morgan fingerprint density at radius 2 is 1.80 bits per heavy atom. The van der Waals surface area contributed by atoms with E-state index in [9.17, 15) is 9.18 Å². The molecule has 0 bridgehead atoms. The molecule has 0 aliphatic rings. The number of ketones is 1. The lowest BCUT2D eigenvalue weighted by Crippen LogP contribution is -2.27. The lowest BCUT2D eigenvalue weighted by Gasteiger charge is -2.17. The molecule has 1 aromatic carbocycles. The van der Waals surface area contributed by atoms with Gasteiger partial charge in [0.25, 0.3) is 0 Å². The highest BCUT2D eigenvalue weighted by molar-refractivity contribution is 5.87. The van der Waals surface area contributed by atoms with E-state index in [1.807, 2.05) is 20.8 Å². The minimum Gasteiger partial charge on any atom is -0.378 e. The molecule has 0 atom stereocenters. The highest BCUT2D eigenvalue weighted by atomic mass is 19.1. The van der Waals surface area contributed by atoms with Crippen LogP contribution in [-0.2, 0) is 4.79 Å². The molecule has 1 aromatic rings. The first-order chi connectivity index (χ1) is 6.89. The second kappa shape index (κ2) is 4.43. The van der Waals surface area contributed by atoms with E-state index in [2.05, 4.69) is 5.32 Å². The van der Waals surface area contributed by atoms with Gasteiger partial charge in [0.2, 0.25) is 0 Å². The van der Waals surface area contributed by atoms with Gasteiger partial charge in [0.15, 0.2) is 5.78 Å². The fraction of sp³-hybridized carbons (Fsp3) is 0.417. The highest BCUT2D eigenvalue weighted by Gasteiger charge is 2.20. The lowest BCUT2D eigenvalue weighted by molar-refractivity contribution is -0.124. The normalized spacial score (nSPS) is 11.2. The summed E-state index contributed by atoms with van der Waals surface area (Å²) in [6, 6.07) is 5.96. The first-order valence-electron chi connectivity index (χ1n) is 4.92. The van der Waals surface area contributed by atoms with Gasteiger partial charge in [-0.25, -0.2) is 4.39 Å². The van der Waals surface area contributed by atoms with E-state index < -0.39 is 0 Å². The van der Waals surface area contributed by atoms with Crippen LogP contribution in [0.15, 0.2) is 24.3 Å². The minimum absolute atomic E-state index is 0.131. The van der Waals surface area contributed by atoms with E-state index in [1.54, 1.807) is 12.1 Å². The van der Waals surface area contributed by atoms with Crippen LogP contribution in [0.2, 0.25) is 0 Å². The molecule has 0 radical (unpaired) electrons. The molecule has 0 heterocycles. The van der Waals surface area contributed by atoms with Crippen LogP contribution in [0.3, 0.4) is 0 Å². The Kier molecular flexibility index (Phi) is 3.45. The molecule has 1 rings (SSSR count). The number of benzene rings is 1. The molecule has 1 N–H and O–H groups in total. The first-order valence-corrected chi connectivity index (χ1v) is 4.92. The monoisotopic (exact) mass is 209 g/mol. The van der Waals surface area contributed by atoms with E-state index in [0.29, 0.717) is 0 Å². The topological polar surface area (TPSA) is 29.1 Å². The number of Topliss-reactive ketones (excluding diaryl/α,β-unsaturated/α-hetero) is 1. The average Bonchev–Trinajstić information content (AvgIpc) is 2.15. The summed E-state index contributed by atoms with van der Waals surface area (Å²) in [4.78, 5) is 11.6. The molecule has 15 heavy (non-hydrogen) atoms. The van der Waals surface area contributed by atoms with Crippen molar-refractivity contribution in [2.45, 2.75) is 20.8 Å². The molecule has 0 saturated carbocycles. The van der Waals surface area contributed by atoms with Crippen LogP contribution in [0.5, 0.6) is 0 Å². The summed E-state index contributed by atoms with van der Waals surface area (Å²) in [5.74, 6) is -0.144. The summed E-state index contributed by atoms with van der Waals surface area (Å²) in [5, 5.41) is 2.96. The van der Waals surface area contributed by atoms with Crippen molar-refractivity contribution in [3.8, 4) is 0 Å². The fourth-order valence-electron chi connectivity index (χ4n) is 1.02. The second-order valence-electron chi connectivity index (χ2n) is 4.53. The van der Waals surface area contributed by atoms with E-state index in [0.717, 1.165) is 5.69 Å². The number of rotatable bonds is 3. The summed E-state index contributed by atoms with van der Waals surface area (Å²) in [6.45, 7) is 5.90. The zero-order valence-corrected chi connectivity index (χ0v) is 9.30. The largest absolute Gasteiger partial charge is 0.378 e. The zero-order valence-electron chi connectivity index (χ0n) is 9.30. The van der Waals surface area contributed by atoms with Gasteiger partial charge in [-0.1, -0.05) is 20.8 Å². The maximum Gasteiger partial charge on any atom is 0.157 e. The van der Waals surface area contributed by atoms with Crippen molar-refractivity contribution in [1.29, 1.82) is 0 Å². The van der Waals surface area contributed by atoms with E-state index in [4.69, 9.17) is 0 Å². The predicted molar refractivity (Wildman–Crippen MR) is 59.4 cm³/mol. The van der Waals surface area contributed by atoms with Crippen molar-refractivity contribution >= 4 is 11.5 Å². The number of hydrogen-bond acceptors (Lipinski definition) is 2. The molecule has 3 heteroatoms. The number of anilines is 1. The molecule has 0 aromatic heterocycles. The van der Waals surface area contributed by atoms with Crippen molar-refractivity contribution in [2.75, 3.05) is 11.9 Å². The Bertz CT molecular complexity index is 338. The molecule has 0 saturated heterocycles. The molecule has 0 amide bonds. The van der Waals surface area contributed by atoms with E-state index in [1.165, 1.54) is 12.1 Å². The second-order valence-corrected chi connectivity index (χ2v) is 4.53. The van der Waals surface area contributed by atoms with Crippen molar-refractivity contribution in [1.82, 2.24) is 0 Å². The number of carbonyl (C=O) groups excluding carboxylic acids is 1. The highest BCUT2D eigenvalue weighted by Crippen LogP contribution is 2.15. The standard InChI is InChI=1S/C12H16FNO/c1-12(2,3)11(15)8-14-10-6-4-9(13)5-7-10/h4-7,14H,8H2,1-3H3. The summed E-state index contributed by atoms with van der Waals surface area (Å²) in [7, 11) is 0. The summed E-state index contributed by atoms with van der Waals surface area (Å²) in [5.41, 5.74) is 0.418. The molecule has 0 fully saturated rings. The molecule has 82 valence electrons. The Labute approximate surface area is 89.5 Å². The van der Waals surface area contributed by atoms with Crippen LogP contribution >= 0.6 is 0 Å². The molecular formula is C12H16FNO. The Balaban J connectivity index is 2.51. The van der Waals surface area contributed by atoms with Crippen LogP contribution in [0, 0.1) is 11.2 Å². The molecule has 0 aliphatic carbocycles. The van der Waals surface area contributed by atoms with Gasteiger partial charge >= 0.3 is 0 Å². The van der Waals surface area contributed by atoms with Gasteiger partial charge in [0.05, 0.1) is 6.54 Å². The predicted octanol–water partition coefficient (Wildman–Crippen LogP) is 2.85. The van der Waals surface area contributed by atoms with Gasteiger partial charge in [-0.05, 0) is 24.3 Å². The van der Waals surface area contributed by atoms with Gasteiger partial charge in [-0.3, -0.25) is 4.79 Å². The Hall–Kier alpha value is -1.38. The van der Waals surface area contributed by atoms with E-state index in [-0.39, 0.29) is 23.6 Å². The van der Waals surface area contributed by atoms with Crippen molar-refractivity contribution < 1.29 is 9.18 Å². The maximum atomic E-state index is 12.6. The van der Waals surface area contributed by atoms with Gasteiger partial charge < -0.3 is 5.32 Å². The van der Waals surface area contributed by atoms with Crippen LogP contribution in [0.4, 0.5) is 10.1 Å². The Morgan fingerprint density at radius 3 is 2.27 bits per heavy atom. The third kappa shape index (κ3) is 3.70. The number of nitrogens with one attached hydrogen (secondary N) is 1. The van der Waals surface area contributed by atoms with Crippen LogP contribution in [-0.4, -0.2) is 12.3 Å². The number of halogens is 1. The van der Waals surface area contributed by atoms with Crippen molar-refractivity contribution in [3.63, 3.8) is 0 Å². The van der Waals surface area contributed by atoms with Gasteiger partial charge in [-0.15, -0.1) is 0 Å². The maximum absolute atomic E-state index is 12.6. The third-order valence-electron chi connectivity index (χ3n) is 2.13. The summed E-state index contributed by atoms with van der Waals surface area (Å²) >= 11 is 0. The quantitative estimate of drug-likeness (QED) is 0.829. The van der Waals surface area contributed by atoms with Crippen LogP contribution in [0.1, 0.15) is 20.8 Å². The van der Waals surface area contributed by atoms with Gasteiger partial charge in [-0.2, -0.15) is 0 Å². The molecule has 2 nitrogen and oxygen atoms in total. The number of carbonyl (C=O) groups is 1. The van der Waals surface area contributed by atoms with Crippen molar-refractivity contribution in [3.05, 3.63) is 30.1 Å². The van der Waals surface area contributed by atoms with Crippen LogP contribution < -0.4 is 5.32 Å². The smallest absolute Gasteiger partial charge is 0.157 e. The molecule has 0 unspecified atom stereocenters. The van der Waals surface area contributed by atoms with E-state index >= 15 is 0 Å². The van der Waals surface area contributed by atoms with Crippen molar-refractivity contribution in [2.24, 2.45) is 5.41 Å². The molecule has 0 aliphatic heterocycles. The third-order valence-corrected chi connectivity index (χ3v) is 2.13. The average molecular weight is 209 g/mol. The summed E-state index contributed by atoms with van der Waals surface area (Å²) < 4.78 is 12.6. The first kappa shape index (κ1) is 11.7. The van der Waals surface area contributed by atoms with Gasteiger partial charge in [0, 0.05) is 11.1 Å². The SMILES string of the molecule is CC(C)(C)C(=O)CNc1ccc(F)cc1. The number of hydrogen-bond donors (Lipinski definition) is 1. The lowest BCUT2D eigenvalue weighted by atomic mass is 9.91. The minimum atomic E-state index is -0.340. The molecule has 0 spiro atoms. The molecular weight excluding hydrogens is 193 g/mol.